The van der Waals surface area contributed by atoms with Gasteiger partial charge < -0.3 is 5.11 Å². The van der Waals surface area contributed by atoms with Crippen LogP contribution in [0, 0.1) is 0 Å². The van der Waals surface area contributed by atoms with Crippen LogP contribution in [0.5, 0.6) is 5.75 Å². The Hall–Kier alpha value is -3.52. The first-order valence-electron chi connectivity index (χ1n) is 9.07. The van der Waals surface area contributed by atoms with Crippen LogP contribution in [0.4, 0.5) is 0 Å². The minimum absolute atomic E-state index is 0.0664. The molecule has 0 aliphatic rings. The van der Waals surface area contributed by atoms with Crippen molar-refractivity contribution in [1.29, 1.82) is 0 Å². The summed E-state index contributed by atoms with van der Waals surface area (Å²) in [5.74, 6) is -0.396. The number of rotatable bonds is 5. The van der Waals surface area contributed by atoms with Gasteiger partial charge in [0.1, 0.15) is 17.1 Å². The molecule has 2 heterocycles. The molecule has 7 nitrogen and oxygen atoms in total. The van der Waals surface area contributed by atoms with E-state index in [0.29, 0.717) is 15.8 Å². The highest BCUT2D eigenvalue weighted by atomic mass is 32.1. The molecule has 0 saturated heterocycles. The van der Waals surface area contributed by atoms with Gasteiger partial charge in [0.05, 0.1) is 17.9 Å². The lowest BCUT2D eigenvalue weighted by atomic mass is 10.0. The fourth-order valence-electron chi connectivity index (χ4n) is 3.08. The number of aromatic nitrogens is 2. The zero-order valence-corrected chi connectivity index (χ0v) is 16.4. The fourth-order valence-corrected chi connectivity index (χ4v) is 4.00. The number of thiophene rings is 1. The highest BCUT2D eigenvalue weighted by molar-refractivity contribution is 7.18. The summed E-state index contributed by atoms with van der Waals surface area (Å²) in [5.41, 5.74) is 2.65. The summed E-state index contributed by atoms with van der Waals surface area (Å²) in [6, 6.07) is 12.8. The molecule has 0 bridgehead atoms. The zero-order valence-electron chi connectivity index (χ0n) is 15.6. The van der Waals surface area contributed by atoms with Crippen molar-refractivity contribution in [3.8, 4) is 5.75 Å². The van der Waals surface area contributed by atoms with Crippen molar-refractivity contribution in [2.75, 3.05) is 0 Å². The van der Waals surface area contributed by atoms with Gasteiger partial charge in [-0.2, -0.15) is 5.10 Å². The molecule has 0 fully saturated rings. The summed E-state index contributed by atoms with van der Waals surface area (Å²) in [7, 11) is 0. The average Bonchev–Trinajstić information content (AvgIpc) is 3.16. The van der Waals surface area contributed by atoms with E-state index in [1.165, 1.54) is 28.4 Å². The Kier molecular flexibility index (Phi) is 5.09. The van der Waals surface area contributed by atoms with Gasteiger partial charge >= 0.3 is 0 Å². The minimum atomic E-state index is -0.463. The standard InChI is InChI=1S/C21H18N4O3S/c1-2-14-9-16-20(29-14)22-12-25(21(16)28)11-19(27)24-23-10-17-15-6-4-3-5-13(15)7-8-18(17)26/h3-10,12,26H,2,11H2,1H3,(H,24,27)/b23-10-. The summed E-state index contributed by atoms with van der Waals surface area (Å²) in [4.78, 5) is 30.8. The predicted octanol–water partition coefficient (Wildman–Crippen LogP) is 3.03. The molecule has 8 heteroatoms. The van der Waals surface area contributed by atoms with Crippen LogP contribution in [0.25, 0.3) is 21.0 Å². The molecule has 2 aromatic carbocycles. The van der Waals surface area contributed by atoms with Gasteiger partial charge in [-0.15, -0.1) is 11.3 Å². The van der Waals surface area contributed by atoms with Crippen molar-refractivity contribution in [2.24, 2.45) is 5.10 Å². The summed E-state index contributed by atoms with van der Waals surface area (Å²) in [6.45, 7) is 1.82. The molecule has 2 aromatic heterocycles. The number of hydrogen-bond acceptors (Lipinski definition) is 6. The van der Waals surface area contributed by atoms with E-state index in [0.717, 1.165) is 22.1 Å². The number of aryl methyl sites for hydroxylation is 1. The quantitative estimate of drug-likeness (QED) is 0.393. The molecule has 0 aliphatic heterocycles. The van der Waals surface area contributed by atoms with Crippen LogP contribution in [-0.2, 0) is 17.8 Å². The lowest BCUT2D eigenvalue weighted by molar-refractivity contribution is -0.121. The SMILES string of the molecule is CCc1cc2c(=O)n(CC(=O)N/N=C\c3c(O)ccc4ccccc34)cnc2s1. The maximum Gasteiger partial charge on any atom is 0.262 e. The second kappa shape index (κ2) is 7.84. The molecule has 146 valence electrons. The largest absolute Gasteiger partial charge is 0.507 e. The van der Waals surface area contributed by atoms with Gasteiger partial charge in [0.2, 0.25) is 0 Å². The van der Waals surface area contributed by atoms with Crippen LogP contribution in [0.3, 0.4) is 0 Å². The van der Waals surface area contributed by atoms with Gasteiger partial charge in [-0.3, -0.25) is 14.2 Å². The van der Waals surface area contributed by atoms with Gasteiger partial charge in [-0.05, 0) is 29.3 Å². The molecule has 0 aliphatic carbocycles. The Bertz CT molecular complexity index is 1310. The third-order valence-corrected chi connectivity index (χ3v) is 5.75. The van der Waals surface area contributed by atoms with E-state index in [9.17, 15) is 14.7 Å². The molecule has 0 atom stereocenters. The molecule has 4 aromatic rings. The Balaban J connectivity index is 1.51. The molecule has 4 rings (SSSR count). The zero-order chi connectivity index (χ0) is 20.4. The van der Waals surface area contributed by atoms with E-state index >= 15 is 0 Å². The van der Waals surface area contributed by atoms with E-state index in [-0.39, 0.29) is 17.9 Å². The minimum Gasteiger partial charge on any atom is -0.507 e. The van der Waals surface area contributed by atoms with E-state index < -0.39 is 5.91 Å². The number of hydrazone groups is 1. The number of nitrogens with zero attached hydrogens (tertiary/aromatic N) is 3. The van der Waals surface area contributed by atoms with Crippen molar-refractivity contribution >= 4 is 44.4 Å². The number of carbonyl (C=O) groups excluding carboxylic acids is 1. The lowest BCUT2D eigenvalue weighted by Crippen LogP contribution is -2.29. The van der Waals surface area contributed by atoms with Crippen molar-refractivity contribution < 1.29 is 9.90 Å². The van der Waals surface area contributed by atoms with E-state index in [1.807, 2.05) is 43.3 Å². The maximum atomic E-state index is 12.6. The van der Waals surface area contributed by atoms with Gasteiger partial charge in [0, 0.05) is 10.4 Å². The Labute approximate surface area is 169 Å². The van der Waals surface area contributed by atoms with Gasteiger partial charge in [0.15, 0.2) is 0 Å². The second-order valence-electron chi connectivity index (χ2n) is 6.48. The Morgan fingerprint density at radius 3 is 2.93 bits per heavy atom. The highest BCUT2D eigenvalue weighted by Crippen LogP contribution is 2.25. The Morgan fingerprint density at radius 2 is 2.10 bits per heavy atom. The highest BCUT2D eigenvalue weighted by Gasteiger charge is 2.11. The molecule has 0 saturated carbocycles. The molecule has 0 unspecified atom stereocenters. The van der Waals surface area contributed by atoms with E-state index in [1.54, 1.807) is 6.07 Å². The Morgan fingerprint density at radius 1 is 1.28 bits per heavy atom. The lowest BCUT2D eigenvalue weighted by Gasteiger charge is -2.05. The first-order valence-corrected chi connectivity index (χ1v) is 9.89. The van der Waals surface area contributed by atoms with Crippen LogP contribution >= 0.6 is 11.3 Å². The monoisotopic (exact) mass is 406 g/mol. The van der Waals surface area contributed by atoms with Crippen molar-refractivity contribution in [1.82, 2.24) is 15.0 Å². The number of nitrogens with one attached hydrogen (secondary N) is 1. The summed E-state index contributed by atoms with van der Waals surface area (Å²) < 4.78 is 1.26. The van der Waals surface area contributed by atoms with Crippen molar-refractivity contribution in [2.45, 2.75) is 19.9 Å². The fraction of sp³-hybridized carbons (Fsp3) is 0.143. The molecule has 2 N–H and O–H groups in total. The molecule has 1 amide bonds. The topological polar surface area (TPSA) is 96.6 Å². The molecule has 0 radical (unpaired) electrons. The van der Waals surface area contributed by atoms with Crippen LogP contribution in [0.2, 0.25) is 0 Å². The number of carbonyl (C=O) groups is 1. The second-order valence-corrected chi connectivity index (χ2v) is 7.59. The predicted molar refractivity (Wildman–Crippen MR) is 115 cm³/mol. The summed E-state index contributed by atoms with van der Waals surface area (Å²) in [6.07, 6.45) is 3.60. The number of phenols is 1. The number of aromatic hydroxyl groups is 1. The van der Waals surface area contributed by atoms with Crippen LogP contribution in [0.1, 0.15) is 17.4 Å². The maximum absolute atomic E-state index is 12.6. The number of fused-ring (bicyclic) bond motifs is 2. The first kappa shape index (κ1) is 18.8. The van der Waals surface area contributed by atoms with Crippen LogP contribution < -0.4 is 11.0 Å². The smallest absolute Gasteiger partial charge is 0.262 e. The van der Waals surface area contributed by atoms with Crippen LogP contribution in [-0.4, -0.2) is 26.8 Å². The molecule has 29 heavy (non-hydrogen) atoms. The first-order chi connectivity index (χ1) is 14.1. The van der Waals surface area contributed by atoms with Gasteiger partial charge in [-0.1, -0.05) is 37.3 Å². The van der Waals surface area contributed by atoms with Crippen molar-refractivity contribution in [3.63, 3.8) is 0 Å². The summed E-state index contributed by atoms with van der Waals surface area (Å²) in [5, 5.41) is 16.3. The van der Waals surface area contributed by atoms with Gasteiger partial charge in [0.25, 0.3) is 11.5 Å². The molecular formula is C21H18N4O3S. The number of phenolic OH excluding ortho intramolecular Hbond substituents is 1. The number of benzene rings is 2. The van der Waals surface area contributed by atoms with Gasteiger partial charge in [-0.25, -0.2) is 10.4 Å². The summed E-state index contributed by atoms with van der Waals surface area (Å²) >= 11 is 1.48. The van der Waals surface area contributed by atoms with E-state index in [2.05, 4.69) is 15.5 Å². The van der Waals surface area contributed by atoms with Crippen molar-refractivity contribution in [3.05, 3.63) is 69.6 Å². The molecule has 0 spiro atoms. The number of hydrogen-bond donors (Lipinski definition) is 2. The van der Waals surface area contributed by atoms with E-state index in [4.69, 9.17) is 0 Å². The number of amides is 1. The third-order valence-electron chi connectivity index (χ3n) is 4.56. The average molecular weight is 406 g/mol. The normalized spacial score (nSPS) is 11.5. The van der Waals surface area contributed by atoms with Crippen LogP contribution in [0.15, 0.2) is 58.7 Å². The third kappa shape index (κ3) is 3.74. The molecular weight excluding hydrogens is 388 g/mol.